The second-order valence-electron chi connectivity index (χ2n) is 3.40. The molecule has 0 unspecified atom stereocenters. The summed E-state index contributed by atoms with van der Waals surface area (Å²) in [5.74, 6) is -1.65. The van der Waals surface area contributed by atoms with Crippen molar-refractivity contribution in [1.82, 2.24) is 4.83 Å². The van der Waals surface area contributed by atoms with Crippen LogP contribution in [-0.2, 0) is 19.6 Å². The minimum absolute atomic E-state index is 0.107. The Bertz CT molecular complexity index is 607. The van der Waals surface area contributed by atoms with E-state index in [9.17, 15) is 18.0 Å². The number of benzene rings is 1. The van der Waals surface area contributed by atoms with Crippen molar-refractivity contribution in [3.63, 3.8) is 0 Å². The first-order valence-corrected chi connectivity index (χ1v) is 6.45. The average molecular weight is 285 g/mol. The van der Waals surface area contributed by atoms with E-state index in [0.29, 0.717) is 11.9 Å². The molecule has 0 radical (unpaired) electrons. The normalized spacial score (nSPS) is 11.2. The monoisotopic (exact) mass is 285 g/mol. The van der Waals surface area contributed by atoms with Gasteiger partial charge in [-0.1, -0.05) is 0 Å². The Morgan fingerprint density at radius 2 is 1.84 bits per heavy atom. The van der Waals surface area contributed by atoms with E-state index < -0.39 is 16.0 Å². The fourth-order valence-corrected chi connectivity index (χ4v) is 1.92. The molecule has 8 nitrogen and oxygen atoms in total. The summed E-state index contributed by atoms with van der Waals surface area (Å²) < 4.78 is 23.3. The molecular weight excluding hydrogens is 274 g/mol. The van der Waals surface area contributed by atoms with Crippen LogP contribution in [-0.4, -0.2) is 31.6 Å². The van der Waals surface area contributed by atoms with Gasteiger partial charge in [0, 0.05) is 12.6 Å². The molecule has 19 heavy (non-hydrogen) atoms. The van der Waals surface area contributed by atoms with Gasteiger partial charge in [-0.15, -0.1) is 0 Å². The molecule has 9 heteroatoms. The third-order valence-electron chi connectivity index (χ3n) is 1.83. The number of carboxylic acid groups (broad SMARTS) is 1. The summed E-state index contributed by atoms with van der Waals surface area (Å²) in [6, 6.07) is 5.31. The van der Waals surface area contributed by atoms with Gasteiger partial charge in [0.15, 0.2) is 0 Å². The first kappa shape index (κ1) is 14.6. The average Bonchev–Trinajstić information content (AvgIpc) is 2.28. The third-order valence-corrected chi connectivity index (χ3v) is 3.07. The Labute approximate surface area is 109 Å². The summed E-state index contributed by atoms with van der Waals surface area (Å²) in [6.45, 7) is 1.33. The lowest BCUT2D eigenvalue weighted by Gasteiger charge is -2.05. The molecule has 1 rings (SSSR count). The lowest BCUT2D eigenvalue weighted by atomic mass is 10.3. The van der Waals surface area contributed by atoms with Crippen molar-refractivity contribution in [1.29, 1.82) is 0 Å². The minimum atomic E-state index is -3.93. The van der Waals surface area contributed by atoms with Gasteiger partial charge < -0.3 is 10.4 Å². The summed E-state index contributed by atoms with van der Waals surface area (Å²) in [4.78, 5) is 22.6. The smallest absolute Gasteiger partial charge is 0.348 e. The molecule has 0 aliphatic rings. The second kappa shape index (κ2) is 5.96. The number of carbonyl (C=O) groups is 2. The lowest BCUT2D eigenvalue weighted by molar-refractivity contribution is -0.128. The van der Waals surface area contributed by atoms with Crippen molar-refractivity contribution in [2.45, 2.75) is 11.8 Å². The Morgan fingerprint density at radius 3 is 2.32 bits per heavy atom. The topological polar surface area (TPSA) is 125 Å². The van der Waals surface area contributed by atoms with E-state index in [0.717, 1.165) is 0 Å². The van der Waals surface area contributed by atoms with Crippen LogP contribution in [0.4, 0.5) is 5.69 Å². The zero-order valence-electron chi connectivity index (χ0n) is 9.82. The van der Waals surface area contributed by atoms with Crippen LogP contribution in [0.2, 0.25) is 0 Å². The maximum Gasteiger partial charge on any atom is 0.348 e. The third kappa shape index (κ3) is 4.76. The highest BCUT2D eigenvalue weighted by Crippen LogP contribution is 2.13. The molecule has 1 aromatic carbocycles. The Morgan fingerprint density at radius 1 is 1.26 bits per heavy atom. The lowest BCUT2D eigenvalue weighted by Crippen LogP contribution is -2.19. The van der Waals surface area contributed by atoms with Gasteiger partial charge in [-0.3, -0.25) is 4.79 Å². The predicted octanol–water partition coefficient (Wildman–Crippen LogP) is -0.00630. The summed E-state index contributed by atoms with van der Waals surface area (Å²) in [6.07, 6.45) is 0.420. The van der Waals surface area contributed by atoms with Crippen LogP contribution in [0.15, 0.2) is 34.3 Å². The number of carboxylic acids is 1. The van der Waals surface area contributed by atoms with Crippen molar-refractivity contribution < 1.29 is 23.1 Å². The van der Waals surface area contributed by atoms with Gasteiger partial charge in [0.05, 0.1) is 4.90 Å². The number of carbonyl (C=O) groups excluding carboxylic acids is 1. The first-order valence-electron chi connectivity index (χ1n) is 4.97. The molecule has 0 fully saturated rings. The highest BCUT2D eigenvalue weighted by atomic mass is 32.2. The second-order valence-corrected chi connectivity index (χ2v) is 5.06. The molecule has 0 aromatic heterocycles. The fraction of sp³-hybridized carbons (Fsp3) is 0.100. The number of rotatable bonds is 5. The number of nitrogens with zero attached hydrogens (tertiary/aromatic N) is 1. The van der Waals surface area contributed by atoms with E-state index in [1.165, 1.54) is 31.2 Å². The molecule has 0 aliphatic heterocycles. The van der Waals surface area contributed by atoms with Gasteiger partial charge in [-0.05, 0) is 24.3 Å². The van der Waals surface area contributed by atoms with E-state index in [4.69, 9.17) is 5.11 Å². The molecule has 0 heterocycles. The number of anilines is 1. The van der Waals surface area contributed by atoms with Gasteiger partial charge in [-0.25, -0.2) is 4.79 Å². The van der Waals surface area contributed by atoms with Gasteiger partial charge in [0.1, 0.15) is 6.21 Å². The minimum Gasteiger partial charge on any atom is -0.477 e. The van der Waals surface area contributed by atoms with E-state index >= 15 is 0 Å². The SMILES string of the molecule is CC(=O)Nc1ccc(S(=O)(=O)N/N=C/C(=O)O)cc1. The molecule has 0 saturated carbocycles. The van der Waals surface area contributed by atoms with Gasteiger partial charge in [0.25, 0.3) is 10.0 Å². The molecule has 0 spiro atoms. The van der Waals surface area contributed by atoms with Crippen LogP contribution in [0, 0.1) is 0 Å². The summed E-state index contributed by atoms with van der Waals surface area (Å²) in [7, 11) is -3.93. The number of aliphatic carboxylic acids is 1. The molecule has 3 N–H and O–H groups in total. The van der Waals surface area contributed by atoms with Gasteiger partial charge >= 0.3 is 5.97 Å². The predicted molar refractivity (Wildman–Crippen MR) is 67.2 cm³/mol. The van der Waals surface area contributed by atoms with Crippen LogP contribution in [0.25, 0.3) is 0 Å². The number of sulfonamides is 1. The molecule has 1 amide bonds. The number of hydrogen-bond acceptors (Lipinski definition) is 5. The van der Waals surface area contributed by atoms with Crippen LogP contribution in [0.1, 0.15) is 6.92 Å². The highest BCUT2D eigenvalue weighted by molar-refractivity contribution is 7.89. The largest absolute Gasteiger partial charge is 0.477 e. The quantitative estimate of drug-likeness (QED) is 0.518. The Balaban J connectivity index is 2.84. The molecular formula is C10H11N3O5S. The van der Waals surface area contributed by atoms with E-state index in [-0.39, 0.29) is 10.8 Å². The zero-order valence-corrected chi connectivity index (χ0v) is 10.6. The summed E-state index contributed by atoms with van der Waals surface area (Å²) in [5, 5.41) is 13.8. The van der Waals surface area contributed by atoms with Crippen LogP contribution in [0.5, 0.6) is 0 Å². The van der Waals surface area contributed by atoms with Crippen LogP contribution < -0.4 is 10.1 Å². The van der Waals surface area contributed by atoms with Crippen molar-refractivity contribution >= 4 is 33.8 Å². The van der Waals surface area contributed by atoms with Crippen molar-refractivity contribution in [3.8, 4) is 0 Å². The van der Waals surface area contributed by atoms with Gasteiger partial charge in [-0.2, -0.15) is 18.4 Å². The Kier molecular flexibility index (Phi) is 4.59. The molecule has 0 aliphatic carbocycles. The van der Waals surface area contributed by atoms with Crippen LogP contribution >= 0.6 is 0 Å². The molecule has 0 atom stereocenters. The van der Waals surface area contributed by atoms with E-state index in [2.05, 4.69) is 10.4 Å². The fourth-order valence-electron chi connectivity index (χ4n) is 1.12. The first-order chi connectivity index (χ1) is 8.81. The Hall–Kier alpha value is -2.42. The van der Waals surface area contributed by atoms with Crippen molar-refractivity contribution in [2.24, 2.45) is 5.10 Å². The number of amides is 1. The zero-order chi connectivity index (χ0) is 14.5. The van der Waals surface area contributed by atoms with Crippen LogP contribution in [0.3, 0.4) is 0 Å². The maximum absolute atomic E-state index is 11.6. The molecule has 1 aromatic rings. The summed E-state index contributed by atoms with van der Waals surface area (Å²) in [5.41, 5.74) is 0.445. The number of nitrogens with one attached hydrogen (secondary N) is 2. The van der Waals surface area contributed by atoms with Crippen molar-refractivity contribution in [3.05, 3.63) is 24.3 Å². The maximum atomic E-state index is 11.6. The standard InChI is InChI=1S/C10H11N3O5S/c1-7(14)12-8-2-4-9(5-3-8)19(17,18)13-11-6-10(15)16/h2-6,13H,1H3,(H,12,14)(H,15,16)/b11-6+. The molecule has 102 valence electrons. The van der Waals surface area contributed by atoms with E-state index in [1.807, 2.05) is 0 Å². The number of hydrogen-bond donors (Lipinski definition) is 3. The van der Waals surface area contributed by atoms with Gasteiger partial charge in [0.2, 0.25) is 5.91 Å². The van der Waals surface area contributed by atoms with E-state index in [1.54, 1.807) is 4.83 Å². The number of hydrazone groups is 1. The van der Waals surface area contributed by atoms with Crippen molar-refractivity contribution in [2.75, 3.05) is 5.32 Å². The highest BCUT2D eigenvalue weighted by Gasteiger charge is 2.12. The molecule has 0 saturated heterocycles. The molecule has 0 bridgehead atoms. The summed E-state index contributed by atoms with van der Waals surface area (Å²) >= 11 is 0.